The fraction of sp³-hybridized carbons (Fsp3) is 0.292. The van der Waals surface area contributed by atoms with Gasteiger partial charge in [-0.25, -0.2) is 4.39 Å². The molecule has 1 aliphatic heterocycles. The first-order valence-corrected chi connectivity index (χ1v) is 9.77. The molecule has 0 radical (unpaired) electrons. The molecule has 1 unspecified atom stereocenters. The lowest BCUT2D eigenvalue weighted by molar-refractivity contribution is -0.146. The molecule has 0 bridgehead atoms. The van der Waals surface area contributed by atoms with Crippen LogP contribution in [0.15, 0.2) is 42.0 Å². The van der Waals surface area contributed by atoms with E-state index < -0.39 is 17.7 Å². The third kappa shape index (κ3) is 4.25. The number of fused-ring (bicyclic) bond motifs is 2. The summed E-state index contributed by atoms with van der Waals surface area (Å²) in [6.07, 6.45) is 0.899. The number of allylic oxidation sites excluding steroid dienone is 1. The molecule has 1 atom stereocenters. The van der Waals surface area contributed by atoms with Crippen LogP contribution in [0.2, 0.25) is 0 Å². The molecular formula is C24H22FNO4. The van der Waals surface area contributed by atoms with Gasteiger partial charge in [0.05, 0.1) is 6.07 Å². The molecule has 0 saturated carbocycles. The molecule has 2 aromatic rings. The Morgan fingerprint density at radius 3 is 2.63 bits per heavy atom. The Hall–Kier alpha value is -3.46. The number of halogens is 1. The van der Waals surface area contributed by atoms with E-state index in [-0.39, 0.29) is 25.2 Å². The summed E-state index contributed by atoms with van der Waals surface area (Å²) in [6.45, 7) is 3.67. The first-order valence-electron chi connectivity index (χ1n) is 9.77. The topological polar surface area (TPSA) is 87.4 Å². The standard InChI is InChI=1S/C24H22FNO4/c1-3-4-21(27)20(24(28)29)10-15-5-7-18-16(9-15)13-30-22-11-17(25)6-8-19(22)23(18)14(2)12-26/h5-9,11,20H,3-4,10,13H2,1-2H3,(H,28,29). The van der Waals surface area contributed by atoms with E-state index >= 15 is 0 Å². The number of carboxylic acid groups (broad SMARTS) is 1. The van der Waals surface area contributed by atoms with Crippen LogP contribution in [0, 0.1) is 23.1 Å². The second-order valence-electron chi connectivity index (χ2n) is 7.34. The summed E-state index contributed by atoms with van der Waals surface area (Å²) in [5.74, 6) is -2.62. The van der Waals surface area contributed by atoms with Gasteiger partial charge in [-0.3, -0.25) is 9.59 Å². The lowest BCUT2D eigenvalue weighted by atomic mass is 9.87. The minimum Gasteiger partial charge on any atom is -0.488 e. The number of Topliss-reactive ketones (excluding diaryl/α,β-unsaturated/α-hetero) is 1. The van der Waals surface area contributed by atoms with Crippen molar-refractivity contribution in [3.05, 3.63) is 70.0 Å². The van der Waals surface area contributed by atoms with Gasteiger partial charge >= 0.3 is 5.97 Å². The molecule has 0 spiro atoms. The zero-order valence-corrected chi connectivity index (χ0v) is 16.9. The van der Waals surface area contributed by atoms with Gasteiger partial charge in [-0.1, -0.05) is 25.1 Å². The summed E-state index contributed by atoms with van der Waals surface area (Å²) in [7, 11) is 0. The zero-order valence-electron chi connectivity index (χ0n) is 16.9. The van der Waals surface area contributed by atoms with E-state index in [0.29, 0.717) is 34.4 Å². The highest BCUT2D eigenvalue weighted by Crippen LogP contribution is 2.39. The Balaban J connectivity index is 2.05. The van der Waals surface area contributed by atoms with Gasteiger partial charge in [0, 0.05) is 29.2 Å². The van der Waals surface area contributed by atoms with E-state index in [1.54, 1.807) is 25.1 Å². The van der Waals surface area contributed by atoms with Crippen molar-refractivity contribution in [2.24, 2.45) is 5.92 Å². The second-order valence-corrected chi connectivity index (χ2v) is 7.34. The SMILES string of the molecule is CCCC(=O)C(Cc1ccc2c(c1)COc1cc(F)ccc1C2=C(C)C#N)C(=O)O. The normalized spacial score (nSPS) is 15.0. The summed E-state index contributed by atoms with van der Waals surface area (Å²) < 4.78 is 19.5. The molecule has 1 aliphatic rings. The van der Waals surface area contributed by atoms with Crippen molar-refractivity contribution in [3.63, 3.8) is 0 Å². The molecule has 0 amide bonds. The average molecular weight is 407 g/mol. The third-order valence-electron chi connectivity index (χ3n) is 5.20. The number of nitriles is 1. The van der Waals surface area contributed by atoms with Gasteiger partial charge in [0.1, 0.15) is 29.9 Å². The van der Waals surface area contributed by atoms with Gasteiger partial charge in [0.15, 0.2) is 0 Å². The predicted molar refractivity (Wildman–Crippen MR) is 109 cm³/mol. The largest absolute Gasteiger partial charge is 0.488 e. The fourth-order valence-electron chi connectivity index (χ4n) is 3.72. The van der Waals surface area contributed by atoms with Gasteiger partial charge in [-0.15, -0.1) is 0 Å². The molecule has 1 heterocycles. The maximum atomic E-state index is 13.7. The smallest absolute Gasteiger partial charge is 0.314 e. The average Bonchev–Trinajstić information content (AvgIpc) is 2.87. The molecule has 0 aliphatic carbocycles. The number of benzene rings is 2. The van der Waals surface area contributed by atoms with Gasteiger partial charge in [0.2, 0.25) is 0 Å². The van der Waals surface area contributed by atoms with E-state index in [4.69, 9.17) is 4.74 Å². The zero-order chi connectivity index (χ0) is 21.8. The number of nitrogens with zero attached hydrogens (tertiary/aromatic N) is 1. The maximum absolute atomic E-state index is 13.7. The van der Waals surface area contributed by atoms with Crippen molar-refractivity contribution in [1.29, 1.82) is 5.26 Å². The van der Waals surface area contributed by atoms with Crippen LogP contribution >= 0.6 is 0 Å². The van der Waals surface area contributed by atoms with E-state index in [2.05, 4.69) is 6.07 Å². The Morgan fingerprint density at radius 1 is 1.23 bits per heavy atom. The molecule has 30 heavy (non-hydrogen) atoms. The van der Waals surface area contributed by atoms with Crippen molar-refractivity contribution in [3.8, 4) is 11.8 Å². The van der Waals surface area contributed by atoms with Gasteiger partial charge in [-0.05, 0) is 48.6 Å². The number of rotatable bonds is 6. The van der Waals surface area contributed by atoms with Crippen LogP contribution in [0.5, 0.6) is 5.75 Å². The number of carbonyl (C=O) groups is 2. The Bertz CT molecular complexity index is 1080. The van der Waals surface area contributed by atoms with Crippen molar-refractivity contribution >= 4 is 17.3 Å². The monoisotopic (exact) mass is 407 g/mol. The minimum absolute atomic E-state index is 0.0826. The number of ketones is 1. The van der Waals surface area contributed by atoms with Crippen molar-refractivity contribution < 1.29 is 23.8 Å². The second kappa shape index (κ2) is 8.91. The van der Waals surface area contributed by atoms with Crippen LogP contribution in [-0.4, -0.2) is 16.9 Å². The highest BCUT2D eigenvalue weighted by atomic mass is 19.1. The number of aliphatic carboxylic acids is 1. The van der Waals surface area contributed by atoms with Crippen LogP contribution < -0.4 is 4.74 Å². The molecule has 0 aromatic heterocycles. The van der Waals surface area contributed by atoms with Crippen molar-refractivity contribution in [2.75, 3.05) is 0 Å². The molecule has 5 nitrogen and oxygen atoms in total. The number of carbonyl (C=O) groups excluding carboxylic acids is 1. The van der Waals surface area contributed by atoms with E-state index in [1.165, 1.54) is 12.1 Å². The number of hydrogen-bond acceptors (Lipinski definition) is 4. The van der Waals surface area contributed by atoms with Gasteiger partial charge in [0.25, 0.3) is 0 Å². The minimum atomic E-state index is -1.14. The van der Waals surface area contributed by atoms with Crippen molar-refractivity contribution in [1.82, 2.24) is 0 Å². The maximum Gasteiger partial charge on any atom is 0.314 e. The molecule has 2 aromatic carbocycles. The van der Waals surface area contributed by atoms with Gasteiger partial charge in [-0.2, -0.15) is 5.26 Å². The lowest BCUT2D eigenvalue weighted by Crippen LogP contribution is -2.25. The molecular weight excluding hydrogens is 385 g/mol. The number of hydrogen-bond donors (Lipinski definition) is 1. The summed E-state index contributed by atoms with van der Waals surface area (Å²) in [5.41, 5.74) is 3.96. The lowest BCUT2D eigenvalue weighted by Gasteiger charge is -2.15. The van der Waals surface area contributed by atoms with E-state index in [1.807, 2.05) is 13.0 Å². The van der Waals surface area contributed by atoms with E-state index in [9.17, 15) is 24.3 Å². The summed E-state index contributed by atoms with van der Waals surface area (Å²) in [6, 6.07) is 11.7. The highest BCUT2D eigenvalue weighted by Gasteiger charge is 2.27. The first kappa shape index (κ1) is 21.3. The molecule has 154 valence electrons. The summed E-state index contributed by atoms with van der Waals surface area (Å²) in [5, 5.41) is 19.0. The van der Waals surface area contributed by atoms with Crippen LogP contribution in [0.25, 0.3) is 5.57 Å². The molecule has 0 saturated heterocycles. The highest BCUT2D eigenvalue weighted by molar-refractivity contribution is 5.98. The molecule has 1 N–H and O–H groups in total. The third-order valence-corrected chi connectivity index (χ3v) is 5.20. The van der Waals surface area contributed by atoms with Crippen molar-refractivity contribution in [2.45, 2.75) is 39.7 Å². The molecule has 3 rings (SSSR count). The first-order chi connectivity index (χ1) is 14.3. The Kier molecular flexibility index (Phi) is 6.31. The summed E-state index contributed by atoms with van der Waals surface area (Å²) >= 11 is 0. The van der Waals surface area contributed by atoms with Crippen LogP contribution in [0.1, 0.15) is 48.9 Å². The number of ether oxygens (including phenoxy) is 1. The quantitative estimate of drug-likeness (QED) is 0.555. The Morgan fingerprint density at radius 2 is 1.97 bits per heavy atom. The van der Waals surface area contributed by atoms with E-state index in [0.717, 1.165) is 11.1 Å². The van der Waals surface area contributed by atoms with Crippen LogP contribution in [-0.2, 0) is 22.6 Å². The van der Waals surface area contributed by atoms with Crippen LogP contribution in [0.3, 0.4) is 0 Å². The number of carboxylic acids is 1. The summed E-state index contributed by atoms with van der Waals surface area (Å²) in [4.78, 5) is 23.8. The Labute approximate surface area is 174 Å². The van der Waals surface area contributed by atoms with Crippen LogP contribution in [0.4, 0.5) is 4.39 Å². The fourth-order valence-corrected chi connectivity index (χ4v) is 3.72. The molecule has 0 fully saturated rings. The van der Waals surface area contributed by atoms with Gasteiger partial charge < -0.3 is 9.84 Å². The predicted octanol–water partition coefficient (Wildman–Crippen LogP) is 4.68. The molecule has 6 heteroatoms.